The Hall–Kier alpha value is -2.96. The molecule has 0 spiro atoms. The van der Waals surface area contributed by atoms with Gasteiger partial charge >= 0.3 is 0 Å². The van der Waals surface area contributed by atoms with E-state index >= 15 is 0 Å². The number of hydrogen-bond acceptors (Lipinski definition) is 2. The van der Waals surface area contributed by atoms with Crippen LogP contribution in [0.2, 0.25) is 0 Å². The monoisotopic (exact) mass is 354 g/mol. The van der Waals surface area contributed by atoms with Crippen LogP contribution in [0.4, 0.5) is 0 Å². The molecule has 1 aliphatic rings. The van der Waals surface area contributed by atoms with Gasteiger partial charge < -0.3 is 5.32 Å². The van der Waals surface area contributed by atoms with Crippen LogP contribution in [0.25, 0.3) is 5.70 Å². The highest BCUT2D eigenvalue weighted by Crippen LogP contribution is 2.37. The fourth-order valence-electron chi connectivity index (χ4n) is 2.85. The fraction of sp³-hybridized carbons (Fsp3) is 0. The first-order chi connectivity index (χ1) is 12.9. The second-order valence-corrected chi connectivity index (χ2v) is 7.94. The summed E-state index contributed by atoms with van der Waals surface area (Å²) in [5.74, 6) is 2.34. The van der Waals surface area contributed by atoms with Crippen LogP contribution in [0.1, 0.15) is 5.69 Å². The molecule has 1 N–H and O–H groups in total. The molecule has 0 saturated heterocycles. The van der Waals surface area contributed by atoms with Crippen LogP contribution in [0.3, 0.4) is 0 Å². The molecule has 0 saturated carbocycles. The summed E-state index contributed by atoms with van der Waals surface area (Å²) in [7, 11) is -0.585. The smallest absolute Gasteiger partial charge is 0.0864 e. The quantitative estimate of drug-likeness (QED) is 0.695. The van der Waals surface area contributed by atoms with Crippen LogP contribution in [0, 0.1) is 0 Å². The molecule has 3 aromatic rings. The van der Waals surface area contributed by atoms with E-state index in [1.54, 1.807) is 0 Å². The molecule has 0 fully saturated rings. The standard InChI is InChI=1S/C23H19N2P/c1-3-11-20(12-4-1)26(21-13-5-2-6-14-21)18-19-10-9-16-23(25-19)22-15-7-8-17-24-22/h1-18,25H/b19-18-. The van der Waals surface area contributed by atoms with Gasteiger partial charge in [-0.05, 0) is 48.6 Å². The summed E-state index contributed by atoms with van der Waals surface area (Å²) in [6.07, 6.45) is 8.08. The highest BCUT2D eigenvalue weighted by atomic mass is 31.1. The van der Waals surface area contributed by atoms with Crippen molar-refractivity contribution in [3.05, 3.63) is 120 Å². The van der Waals surface area contributed by atoms with E-state index in [0.717, 1.165) is 17.1 Å². The van der Waals surface area contributed by atoms with Crippen molar-refractivity contribution in [1.29, 1.82) is 0 Å². The van der Waals surface area contributed by atoms with Crippen molar-refractivity contribution >= 4 is 24.2 Å². The summed E-state index contributed by atoms with van der Waals surface area (Å²) >= 11 is 0. The molecule has 0 radical (unpaired) electrons. The Morgan fingerprint density at radius 2 is 1.42 bits per heavy atom. The lowest BCUT2D eigenvalue weighted by Gasteiger charge is -2.19. The van der Waals surface area contributed by atoms with Gasteiger partial charge in [0.15, 0.2) is 0 Å². The van der Waals surface area contributed by atoms with Gasteiger partial charge in [0.25, 0.3) is 0 Å². The van der Waals surface area contributed by atoms with E-state index in [1.807, 2.05) is 24.4 Å². The molecule has 1 aromatic heterocycles. The zero-order valence-electron chi connectivity index (χ0n) is 14.3. The van der Waals surface area contributed by atoms with Crippen molar-refractivity contribution in [3.63, 3.8) is 0 Å². The highest BCUT2D eigenvalue weighted by Gasteiger charge is 2.13. The number of nitrogens with one attached hydrogen (secondary N) is 1. The van der Waals surface area contributed by atoms with E-state index in [9.17, 15) is 0 Å². The largest absolute Gasteiger partial charge is 0.354 e. The van der Waals surface area contributed by atoms with Gasteiger partial charge in [-0.25, -0.2) is 0 Å². The number of benzene rings is 2. The lowest BCUT2D eigenvalue weighted by atomic mass is 10.2. The van der Waals surface area contributed by atoms with Crippen molar-refractivity contribution in [2.24, 2.45) is 0 Å². The summed E-state index contributed by atoms with van der Waals surface area (Å²) in [4.78, 5) is 4.45. The Labute approximate surface area is 155 Å². The second-order valence-electron chi connectivity index (χ2n) is 5.90. The molecule has 0 unspecified atom stereocenters. The third-order valence-corrected chi connectivity index (χ3v) is 6.34. The van der Waals surface area contributed by atoms with E-state index in [0.29, 0.717) is 0 Å². The molecule has 2 aromatic carbocycles. The number of nitrogens with zero attached hydrogens (tertiary/aromatic N) is 1. The summed E-state index contributed by atoms with van der Waals surface area (Å²) in [6.45, 7) is 0. The summed E-state index contributed by atoms with van der Waals surface area (Å²) < 4.78 is 0. The van der Waals surface area contributed by atoms with Crippen molar-refractivity contribution in [1.82, 2.24) is 10.3 Å². The van der Waals surface area contributed by atoms with E-state index < -0.39 is 7.92 Å². The minimum absolute atomic E-state index is 0.585. The molecular formula is C23H19N2P. The van der Waals surface area contributed by atoms with Gasteiger partial charge in [-0.2, -0.15) is 0 Å². The van der Waals surface area contributed by atoms with Crippen LogP contribution in [-0.4, -0.2) is 4.98 Å². The third-order valence-electron chi connectivity index (χ3n) is 4.10. The summed E-state index contributed by atoms with van der Waals surface area (Å²) in [5.41, 5.74) is 3.08. The number of dihydropyridines is 1. The predicted octanol–water partition coefficient (Wildman–Crippen LogP) is 4.56. The molecule has 3 heteroatoms. The van der Waals surface area contributed by atoms with Crippen LogP contribution in [0.15, 0.2) is 115 Å². The number of rotatable bonds is 4. The van der Waals surface area contributed by atoms with Gasteiger partial charge in [0.1, 0.15) is 0 Å². The van der Waals surface area contributed by atoms with E-state index in [2.05, 4.69) is 95.0 Å². The number of pyridine rings is 1. The van der Waals surface area contributed by atoms with Crippen LogP contribution < -0.4 is 15.9 Å². The summed E-state index contributed by atoms with van der Waals surface area (Å²) in [5, 5.41) is 6.21. The second kappa shape index (κ2) is 7.95. The molecule has 2 nitrogen and oxygen atoms in total. The van der Waals surface area contributed by atoms with Gasteiger partial charge in [0.2, 0.25) is 0 Å². The van der Waals surface area contributed by atoms with Crippen LogP contribution >= 0.6 is 7.92 Å². The van der Waals surface area contributed by atoms with Gasteiger partial charge in [-0.3, -0.25) is 4.98 Å². The minimum Gasteiger partial charge on any atom is -0.354 e. The average molecular weight is 354 g/mol. The maximum absolute atomic E-state index is 4.45. The summed E-state index contributed by atoms with van der Waals surface area (Å²) in [6, 6.07) is 27.3. The Balaban J connectivity index is 1.68. The zero-order valence-corrected chi connectivity index (χ0v) is 15.2. The Kier molecular flexibility index (Phi) is 5.04. The molecule has 0 bridgehead atoms. The van der Waals surface area contributed by atoms with Crippen molar-refractivity contribution in [2.75, 3.05) is 0 Å². The molecule has 0 aliphatic carbocycles. The molecule has 126 valence electrons. The van der Waals surface area contributed by atoms with Crippen LogP contribution in [0.5, 0.6) is 0 Å². The highest BCUT2D eigenvalue weighted by molar-refractivity contribution is 7.75. The third kappa shape index (κ3) is 3.82. The lowest BCUT2D eigenvalue weighted by Crippen LogP contribution is -2.16. The van der Waals surface area contributed by atoms with Crippen molar-refractivity contribution < 1.29 is 0 Å². The van der Waals surface area contributed by atoms with Gasteiger partial charge in [-0.15, -0.1) is 0 Å². The SMILES string of the molecule is C1=C/C(=C/P(c2ccccc2)c2ccccc2)NC(c2ccccn2)=C1. The minimum atomic E-state index is -0.585. The first-order valence-corrected chi connectivity index (χ1v) is 9.99. The molecule has 4 rings (SSSR count). The van der Waals surface area contributed by atoms with E-state index in [1.165, 1.54) is 10.6 Å². The number of aromatic nitrogens is 1. The fourth-order valence-corrected chi connectivity index (χ4v) is 4.86. The maximum Gasteiger partial charge on any atom is 0.0864 e. The Bertz CT molecular complexity index is 906. The van der Waals surface area contributed by atoms with Crippen molar-refractivity contribution in [2.45, 2.75) is 0 Å². The predicted molar refractivity (Wildman–Crippen MR) is 112 cm³/mol. The Morgan fingerprint density at radius 3 is 2.04 bits per heavy atom. The van der Waals surface area contributed by atoms with Crippen LogP contribution in [-0.2, 0) is 0 Å². The lowest BCUT2D eigenvalue weighted by molar-refractivity contribution is 1.09. The maximum atomic E-state index is 4.45. The average Bonchev–Trinajstić information content (AvgIpc) is 2.74. The van der Waals surface area contributed by atoms with E-state index in [4.69, 9.17) is 0 Å². The first kappa shape index (κ1) is 16.5. The van der Waals surface area contributed by atoms with Gasteiger partial charge in [0, 0.05) is 11.9 Å². The first-order valence-electron chi connectivity index (χ1n) is 8.58. The molecule has 0 amide bonds. The zero-order chi connectivity index (χ0) is 17.6. The van der Waals surface area contributed by atoms with Gasteiger partial charge in [-0.1, -0.05) is 72.8 Å². The van der Waals surface area contributed by atoms with Crippen molar-refractivity contribution in [3.8, 4) is 0 Å². The molecule has 0 atom stereocenters. The number of hydrogen-bond donors (Lipinski definition) is 1. The van der Waals surface area contributed by atoms with Gasteiger partial charge in [0.05, 0.1) is 11.4 Å². The molecular weight excluding hydrogens is 335 g/mol. The molecule has 26 heavy (non-hydrogen) atoms. The topological polar surface area (TPSA) is 24.9 Å². The molecule has 1 aliphatic heterocycles. The Morgan fingerprint density at radius 1 is 0.769 bits per heavy atom. The normalized spacial score (nSPS) is 15.0. The van der Waals surface area contributed by atoms with E-state index in [-0.39, 0.29) is 0 Å². The number of allylic oxidation sites excluding steroid dienone is 3. The molecule has 2 heterocycles.